The summed E-state index contributed by atoms with van der Waals surface area (Å²) >= 11 is 0. The van der Waals surface area contributed by atoms with E-state index in [1.54, 1.807) is 65.8 Å². The molecule has 79 heavy (non-hydrogen) atoms. The van der Waals surface area contributed by atoms with Crippen molar-refractivity contribution in [3.8, 4) is 23.0 Å². The van der Waals surface area contributed by atoms with Crippen molar-refractivity contribution in [1.82, 2.24) is 36.8 Å². The van der Waals surface area contributed by atoms with E-state index >= 15 is 0 Å². The van der Waals surface area contributed by atoms with E-state index in [0.29, 0.717) is 46.6 Å². The SMILES string of the molecule is CNC(=O)CCCOc1cc([N+](=O)[O-])c(C(C)NNC(=O)[C@H](CCCN=C(N)NS(=O)(=O)c2c(C)c(C)c3c(c2C)CC(C)(C)O3)NC(=O)[C@H](Cc2ccc(OC(C)(C)C)cc2)NC(=O)[C@H](C)NC(=O)OC(C)(C)C)cc1OC. The molecule has 9 N–H and O–H groups in total. The van der Waals surface area contributed by atoms with E-state index in [4.69, 9.17) is 29.4 Å². The molecule has 1 unspecified atom stereocenters. The first-order chi connectivity index (χ1) is 36.6. The lowest BCUT2D eigenvalue weighted by molar-refractivity contribution is -0.385. The predicted molar refractivity (Wildman–Crippen MR) is 296 cm³/mol. The number of hydrazine groups is 1. The molecule has 0 fully saturated rings. The molecule has 5 amide bonds. The van der Waals surface area contributed by atoms with E-state index in [9.17, 15) is 42.5 Å². The number of nitrogens with one attached hydrogen (secondary N) is 7. The van der Waals surface area contributed by atoms with E-state index in [-0.39, 0.29) is 72.4 Å². The Kier molecular flexibility index (Phi) is 21.9. The summed E-state index contributed by atoms with van der Waals surface area (Å²) in [4.78, 5) is 82.9. The number of hydrogen-bond acceptors (Lipinski definition) is 16. The number of nitrogens with zero attached hydrogens (tertiary/aromatic N) is 2. The van der Waals surface area contributed by atoms with Crippen LogP contribution in [0.5, 0.6) is 23.0 Å². The number of methoxy groups -OCH3 is 1. The maximum Gasteiger partial charge on any atom is 0.408 e. The van der Waals surface area contributed by atoms with Crippen LogP contribution in [0, 0.1) is 30.9 Å². The molecule has 25 heteroatoms. The monoisotopic (exact) mass is 1120 g/mol. The summed E-state index contributed by atoms with van der Waals surface area (Å²) in [6.07, 6.45) is -0.0761. The Hall–Kier alpha value is -7.41. The molecule has 0 aliphatic carbocycles. The second-order valence-electron chi connectivity index (χ2n) is 21.9. The first-order valence-corrected chi connectivity index (χ1v) is 27.4. The van der Waals surface area contributed by atoms with Crippen molar-refractivity contribution in [3.05, 3.63) is 79.9 Å². The molecule has 1 aliphatic rings. The Morgan fingerprint density at radius 3 is 2.11 bits per heavy atom. The van der Waals surface area contributed by atoms with Gasteiger partial charge in [0, 0.05) is 38.4 Å². The van der Waals surface area contributed by atoms with Crippen LogP contribution in [0.25, 0.3) is 0 Å². The average molecular weight is 1130 g/mol. The molecular formula is C54H80N10O14S. The van der Waals surface area contributed by atoms with Crippen LogP contribution in [0.3, 0.4) is 0 Å². The van der Waals surface area contributed by atoms with Crippen molar-refractivity contribution in [2.45, 2.75) is 174 Å². The highest BCUT2D eigenvalue weighted by molar-refractivity contribution is 7.90. The van der Waals surface area contributed by atoms with Crippen molar-refractivity contribution in [2.24, 2.45) is 10.7 Å². The molecule has 4 rings (SSSR count). The third-order valence-corrected chi connectivity index (χ3v) is 14.0. The average Bonchev–Trinajstić information content (AvgIpc) is 3.93. The third kappa shape index (κ3) is 18.9. The lowest BCUT2D eigenvalue weighted by atomic mass is 9.94. The van der Waals surface area contributed by atoms with Gasteiger partial charge in [0.15, 0.2) is 11.5 Å². The highest BCUT2D eigenvalue weighted by Gasteiger charge is 2.37. The van der Waals surface area contributed by atoms with Gasteiger partial charge in [0.05, 0.1) is 41.2 Å². The number of ether oxygens (including phenoxy) is 5. The topological polar surface area (TPSA) is 331 Å². The number of nitrogens with two attached hydrogens (primary N) is 1. The molecule has 0 spiro atoms. The molecular weight excluding hydrogens is 1040 g/mol. The number of alkyl carbamates (subject to hydrolysis) is 1. The van der Waals surface area contributed by atoms with Crippen molar-refractivity contribution < 1.29 is 61.0 Å². The van der Waals surface area contributed by atoms with Gasteiger partial charge in [-0.1, -0.05) is 12.1 Å². The lowest BCUT2D eigenvalue weighted by Crippen LogP contribution is -2.58. The van der Waals surface area contributed by atoms with Gasteiger partial charge in [0.1, 0.15) is 46.4 Å². The van der Waals surface area contributed by atoms with Crippen molar-refractivity contribution in [2.75, 3.05) is 27.3 Å². The van der Waals surface area contributed by atoms with Crippen LogP contribution in [0.15, 0.2) is 46.3 Å². The summed E-state index contributed by atoms with van der Waals surface area (Å²) in [6.45, 7) is 22.6. The molecule has 4 atom stereocenters. The van der Waals surface area contributed by atoms with Gasteiger partial charge >= 0.3 is 6.09 Å². The minimum atomic E-state index is -4.26. The van der Waals surface area contributed by atoms with Crippen LogP contribution in [0.1, 0.15) is 134 Å². The number of nitro groups is 1. The molecule has 0 saturated heterocycles. The van der Waals surface area contributed by atoms with Crippen molar-refractivity contribution >= 4 is 51.4 Å². The number of benzene rings is 3. The van der Waals surface area contributed by atoms with Crippen LogP contribution in [0.4, 0.5) is 10.5 Å². The van der Waals surface area contributed by atoms with Gasteiger partial charge in [-0.2, -0.15) is 0 Å². The highest BCUT2D eigenvalue weighted by Crippen LogP contribution is 2.44. The number of fused-ring (bicyclic) bond motifs is 1. The smallest absolute Gasteiger partial charge is 0.408 e. The van der Waals surface area contributed by atoms with Gasteiger partial charge in [-0.15, -0.1) is 0 Å². The number of nitro benzene ring substituents is 1. The fraction of sp³-hybridized carbons (Fsp3) is 0.556. The Labute approximate surface area is 463 Å². The Morgan fingerprint density at radius 2 is 1.52 bits per heavy atom. The molecule has 0 aromatic heterocycles. The number of carbonyl (C=O) groups is 5. The van der Waals surface area contributed by atoms with Gasteiger partial charge in [-0.3, -0.25) is 39.7 Å². The van der Waals surface area contributed by atoms with E-state index < -0.39 is 85.7 Å². The van der Waals surface area contributed by atoms with E-state index in [2.05, 4.69) is 41.8 Å². The summed E-state index contributed by atoms with van der Waals surface area (Å²) in [6, 6.07) is 4.52. The minimum Gasteiger partial charge on any atom is -0.493 e. The second kappa shape index (κ2) is 27.0. The second-order valence-corrected chi connectivity index (χ2v) is 23.5. The van der Waals surface area contributed by atoms with Crippen LogP contribution >= 0.6 is 0 Å². The first-order valence-electron chi connectivity index (χ1n) is 25.9. The summed E-state index contributed by atoms with van der Waals surface area (Å²) in [5.41, 5.74) is 12.4. The predicted octanol–water partition coefficient (Wildman–Crippen LogP) is 5.21. The van der Waals surface area contributed by atoms with Gasteiger partial charge in [0.2, 0.25) is 23.7 Å². The summed E-state index contributed by atoms with van der Waals surface area (Å²) in [5.74, 6) is -1.61. The molecule has 1 aliphatic heterocycles. The third-order valence-electron chi connectivity index (χ3n) is 12.4. The minimum absolute atomic E-state index is 0.0368. The zero-order valence-electron chi connectivity index (χ0n) is 48.0. The van der Waals surface area contributed by atoms with Crippen molar-refractivity contribution in [3.63, 3.8) is 0 Å². The maximum atomic E-state index is 14.5. The Bertz CT molecular complexity index is 2860. The van der Waals surface area contributed by atoms with Gasteiger partial charge < -0.3 is 50.7 Å². The lowest BCUT2D eigenvalue weighted by Gasteiger charge is -2.26. The van der Waals surface area contributed by atoms with Gasteiger partial charge in [0.25, 0.3) is 21.6 Å². The number of carbonyl (C=O) groups excluding carboxylic acids is 5. The summed E-state index contributed by atoms with van der Waals surface area (Å²) in [7, 11) is -1.41. The molecule has 0 bridgehead atoms. The zero-order chi connectivity index (χ0) is 59.4. The molecule has 1 heterocycles. The number of aliphatic imine (C=N–C) groups is 1. The number of rotatable bonds is 25. The van der Waals surface area contributed by atoms with Crippen LogP contribution in [-0.2, 0) is 46.8 Å². The zero-order valence-corrected chi connectivity index (χ0v) is 48.8. The maximum absolute atomic E-state index is 14.5. The van der Waals surface area contributed by atoms with E-state index in [1.807, 2.05) is 34.6 Å². The largest absolute Gasteiger partial charge is 0.493 e. The van der Waals surface area contributed by atoms with Gasteiger partial charge in [-0.05, 0) is 150 Å². The first kappa shape index (κ1) is 64.1. The van der Waals surface area contributed by atoms with Crippen LogP contribution < -0.4 is 61.5 Å². The molecule has 3 aromatic rings. The van der Waals surface area contributed by atoms with E-state index in [0.717, 1.165) is 5.56 Å². The van der Waals surface area contributed by atoms with Crippen molar-refractivity contribution in [1.29, 1.82) is 0 Å². The van der Waals surface area contributed by atoms with Crippen LogP contribution in [0.2, 0.25) is 0 Å². The number of hydrogen-bond donors (Lipinski definition) is 8. The number of guanidine groups is 1. The summed E-state index contributed by atoms with van der Waals surface area (Å²) in [5, 5.41) is 22.8. The Balaban J connectivity index is 1.64. The fourth-order valence-corrected chi connectivity index (χ4v) is 9.99. The normalized spacial score (nSPS) is 14.7. The number of amides is 5. The molecule has 3 aromatic carbocycles. The number of sulfonamides is 1. The van der Waals surface area contributed by atoms with Crippen LogP contribution in [-0.4, -0.2) is 111 Å². The van der Waals surface area contributed by atoms with E-state index in [1.165, 1.54) is 40.1 Å². The fourth-order valence-electron chi connectivity index (χ4n) is 8.47. The standard InChI is InChI=1S/C54H80N10O14S/c1-30-31(2)46(32(3)38-29-54(12,13)77-45(30)38)79(72,73)63-50(55)57-24-16-18-39(49(68)62-61-33(4)37-27-42(74-15)43(28-41(37)64(70)71)75-25-17-19-44(65)56-14)59-48(67)40(26-35-20-22-36(23-21-35)76-52(6,7)8)60-47(66)34(5)58-51(69)78-53(9,10)11/h20-23,27-28,33-34,39-40,61H,16-19,24-26,29H2,1-15H3,(H,56,65)(H,58,69)(H,59,67)(H,60,66)(H,62,68)(H3,55,57,63)/t33?,34-,39-,40-/m0/s1. The highest BCUT2D eigenvalue weighted by atomic mass is 32.2. The molecule has 436 valence electrons. The van der Waals surface area contributed by atoms with Gasteiger partial charge in [-0.25, -0.2) is 23.4 Å². The molecule has 0 radical (unpaired) electrons. The molecule has 24 nitrogen and oxygen atoms in total. The Morgan fingerprint density at radius 1 is 0.873 bits per heavy atom. The summed E-state index contributed by atoms with van der Waals surface area (Å²) < 4.78 is 58.9. The quantitative estimate of drug-likeness (QED) is 0.0178. The molecule has 0 saturated carbocycles.